The first-order chi connectivity index (χ1) is 19.7. The van der Waals surface area contributed by atoms with Crippen LogP contribution in [0.15, 0.2) is 59.1 Å². The van der Waals surface area contributed by atoms with Gasteiger partial charge in [0.2, 0.25) is 0 Å². The normalized spacial score (nSPS) is 24.8. The van der Waals surface area contributed by atoms with Gasteiger partial charge in [-0.15, -0.1) is 0 Å². The van der Waals surface area contributed by atoms with E-state index in [0.717, 1.165) is 17.7 Å². The number of phenols is 1. The summed E-state index contributed by atoms with van der Waals surface area (Å²) in [7, 11) is 2.18. The molecule has 2 aromatic rings. The van der Waals surface area contributed by atoms with Crippen molar-refractivity contribution in [1.29, 1.82) is 0 Å². The van der Waals surface area contributed by atoms with Gasteiger partial charge >= 0.3 is 0 Å². The fraction of sp³-hybridized carbons (Fsp3) is 0.424. The lowest BCUT2D eigenvalue weighted by Crippen LogP contribution is -2.43. The lowest BCUT2D eigenvalue weighted by atomic mass is 9.62. The molecule has 41 heavy (non-hydrogen) atoms. The van der Waals surface area contributed by atoms with E-state index in [0.29, 0.717) is 24.4 Å². The number of rotatable bonds is 5. The highest BCUT2D eigenvalue weighted by atomic mass is 16.3. The van der Waals surface area contributed by atoms with Crippen LogP contribution < -0.4 is 5.73 Å². The van der Waals surface area contributed by atoms with Crippen LogP contribution >= 0.6 is 0 Å². The van der Waals surface area contributed by atoms with E-state index in [1.165, 1.54) is 43.7 Å². The van der Waals surface area contributed by atoms with E-state index < -0.39 is 40.8 Å². The number of primary amides is 1. The maximum atomic E-state index is 13.9. The second-order valence-electron chi connectivity index (χ2n) is 12.1. The van der Waals surface area contributed by atoms with Crippen molar-refractivity contribution in [2.75, 3.05) is 7.05 Å². The van der Waals surface area contributed by atoms with Crippen molar-refractivity contribution in [2.24, 2.45) is 23.5 Å². The number of amides is 1. The van der Waals surface area contributed by atoms with E-state index in [2.05, 4.69) is 24.1 Å². The average Bonchev–Trinajstić information content (AvgIpc) is 2.93. The van der Waals surface area contributed by atoms with Crippen LogP contribution in [0.5, 0.6) is 5.75 Å². The minimum Gasteiger partial charge on any atom is -0.511 e. The molecule has 0 heterocycles. The molecule has 214 valence electrons. The molecule has 2 aromatic carbocycles. The Morgan fingerprint density at radius 2 is 1.78 bits per heavy atom. The number of ketones is 2. The lowest BCUT2D eigenvalue weighted by Gasteiger charge is -2.41. The van der Waals surface area contributed by atoms with Crippen LogP contribution in [0.4, 0.5) is 0 Å². The predicted molar refractivity (Wildman–Crippen MR) is 153 cm³/mol. The number of Topliss-reactive ketones (excluding diaryl/α,β-unsaturated/α-hetero) is 2. The summed E-state index contributed by atoms with van der Waals surface area (Å²) in [6.45, 7) is 0.822. The summed E-state index contributed by atoms with van der Waals surface area (Å²) in [4.78, 5) is 41.2. The Balaban J connectivity index is 1.35. The van der Waals surface area contributed by atoms with Gasteiger partial charge in [-0.2, -0.15) is 0 Å². The van der Waals surface area contributed by atoms with Crippen LogP contribution in [0, 0.1) is 17.8 Å². The summed E-state index contributed by atoms with van der Waals surface area (Å²) >= 11 is 0. The Bertz CT molecular complexity index is 1520. The number of hydrogen-bond acceptors (Lipinski definition) is 7. The molecular formula is C33H36N2O6. The van der Waals surface area contributed by atoms with Crippen molar-refractivity contribution in [3.05, 3.63) is 75.8 Å². The molecule has 5 N–H and O–H groups in total. The molecule has 3 unspecified atom stereocenters. The van der Waals surface area contributed by atoms with Crippen LogP contribution in [0.2, 0.25) is 0 Å². The van der Waals surface area contributed by atoms with E-state index in [4.69, 9.17) is 5.73 Å². The molecule has 4 aliphatic rings. The third-order valence-corrected chi connectivity index (χ3v) is 9.64. The number of nitrogens with two attached hydrogens (primary N) is 1. The van der Waals surface area contributed by atoms with Crippen LogP contribution in [-0.4, -0.2) is 50.8 Å². The van der Waals surface area contributed by atoms with Crippen molar-refractivity contribution in [1.82, 2.24) is 4.90 Å². The Morgan fingerprint density at radius 3 is 2.51 bits per heavy atom. The van der Waals surface area contributed by atoms with Crippen molar-refractivity contribution in [3.63, 3.8) is 0 Å². The first-order valence-electron chi connectivity index (χ1n) is 14.5. The van der Waals surface area contributed by atoms with E-state index in [1.54, 1.807) is 0 Å². The quantitative estimate of drug-likeness (QED) is 0.384. The zero-order valence-corrected chi connectivity index (χ0v) is 23.2. The van der Waals surface area contributed by atoms with Crippen molar-refractivity contribution in [3.8, 4) is 16.9 Å². The molecule has 6 rings (SSSR count). The van der Waals surface area contributed by atoms with E-state index in [1.807, 2.05) is 18.2 Å². The number of hydrogen-bond donors (Lipinski definition) is 4. The summed E-state index contributed by atoms with van der Waals surface area (Å²) in [6, 6.07) is 12.2. The molecule has 1 amide bonds. The molecule has 3 atom stereocenters. The summed E-state index contributed by atoms with van der Waals surface area (Å²) in [5.41, 5.74) is 8.75. The fourth-order valence-corrected chi connectivity index (χ4v) is 7.69. The third-order valence-electron chi connectivity index (χ3n) is 9.64. The van der Waals surface area contributed by atoms with Gasteiger partial charge in [0.25, 0.3) is 5.91 Å². The van der Waals surface area contributed by atoms with Crippen molar-refractivity contribution in [2.45, 2.75) is 64.0 Å². The Kier molecular flexibility index (Phi) is 6.98. The largest absolute Gasteiger partial charge is 0.511 e. The van der Waals surface area contributed by atoms with Gasteiger partial charge in [-0.25, -0.2) is 0 Å². The van der Waals surface area contributed by atoms with E-state index >= 15 is 0 Å². The highest BCUT2D eigenvalue weighted by Gasteiger charge is 2.50. The smallest absolute Gasteiger partial charge is 0.255 e. The zero-order valence-electron chi connectivity index (χ0n) is 23.2. The molecule has 0 saturated heterocycles. The molecular weight excluding hydrogens is 520 g/mol. The lowest BCUT2D eigenvalue weighted by molar-refractivity contribution is -0.126. The average molecular weight is 557 g/mol. The van der Waals surface area contributed by atoms with Gasteiger partial charge in [-0.1, -0.05) is 43.5 Å². The maximum Gasteiger partial charge on any atom is 0.255 e. The molecule has 8 heteroatoms. The maximum absolute atomic E-state index is 13.9. The number of aromatic hydroxyl groups is 1. The van der Waals surface area contributed by atoms with Gasteiger partial charge in [0.1, 0.15) is 22.8 Å². The number of benzene rings is 2. The zero-order chi connectivity index (χ0) is 29.0. The van der Waals surface area contributed by atoms with Gasteiger partial charge in [0.15, 0.2) is 11.6 Å². The highest BCUT2D eigenvalue weighted by Crippen LogP contribution is 2.50. The number of aliphatic hydroxyl groups is 2. The van der Waals surface area contributed by atoms with Gasteiger partial charge < -0.3 is 21.1 Å². The number of nitrogens with zero attached hydrogens (tertiary/aromatic N) is 1. The minimum atomic E-state index is -1.12. The first-order valence-corrected chi connectivity index (χ1v) is 14.5. The number of phenolic OH excluding ortho intramolecular Hbond substituents is 1. The van der Waals surface area contributed by atoms with Gasteiger partial charge in [0, 0.05) is 24.6 Å². The summed E-state index contributed by atoms with van der Waals surface area (Å²) < 4.78 is 0. The predicted octanol–water partition coefficient (Wildman–Crippen LogP) is 4.90. The molecule has 0 aliphatic heterocycles. The monoisotopic (exact) mass is 556 g/mol. The van der Waals surface area contributed by atoms with Crippen LogP contribution in [0.25, 0.3) is 11.1 Å². The van der Waals surface area contributed by atoms with Gasteiger partial charge in [-0.05, 0) is 79.0 Å². The number of fused-ring (bicyclic) bond motifs is 3. The molecule has 1 saturated carbocycles. The third kappa shape index (κ3) is 4.64. The summed E-state index contributed by atoms with van der Waals surface area (Å²) in [5.74, 6) is -5.22. The Morgan fingerprint density at radius 1 is 1.02 bits per heavy atom. The van der Waals surface area contributed by atoms with E-state index in [-0.39, 0.29) is 34.8 Å². The molecule has 0 aromatic heterocycles. The SMILES string of the molecule is CN(Cc1cccc(-c2ccc(O)c3c2CC2CC4CC(O)=C(C(N)=O)C(=O)C4C(O)=C2C3=O)c1)C1CCCCC1. The minimum absolute atomic E-state index is 0.0209. The Hall–Kier alpha value is -3.91. The first kappa shape index (κ1) is 27.3. The molecule has 0 bridgehead atoms. The molecule has 0 spiro atoms. The number of aliphatic hydroxyl groups excluding tert-OH is 2. The van der Waals surface area contributed by atoms with Crippen molar-refractivity contribution < 1.29 is 29.7 Å². The molecule has 4 aliphatic carbocycles. The number of carbonyl (C=O) groups excluding carboxylic acids is 3. The van der Waals surface area contributed by atoms with E-state index in [9.17, 15) is 29.7 Å². The van der Waals surface area contributed by atoms with Crippen LogP contribution in [0.1, 0.15) is 66.4 Å². The van der Waals surface area contributed by atoms with Crippen LogP contribution in [-0.2, 0) is 22.6 Å². The topological polar surface area (TPSA) is 141 Å². The second kappa shape index (κ2) is 10.5. The second-order valence-corrected chi connectivity index (χ2v) is 12.1. The number of allylic oxidation sites excluding steroid dienone is 3. The van der Waals surface area contributed by atoms with Gasteiger partial charge in [-0.3, -0.25) is 19.3 Å². The van der Waals surface area contributed by atoms with Crippen molar-refractivity contribution >= 4 is 17.5 Å². The Labute approximate surface area is 239 Å². The van der Waals surface area contributed by atoms with Gasteiger partial charge in [0.05, 0.1) is 11.5 Å². The summed E-state index contributed by atoms with van der Waals surface area (Å²) in [5, 5.41) is 32.5. The summed E-state index contributed by atoms with van der Waals surface area (Å²) in [6.07, 6.45) is 7.08. The standard InChI is InChI=1S/C33H36N2O6/c1-35(21-8-3-2-4-9-21)16-17-6-5-7-18(12-17)22-10-11-24(36)28-23(22)14-19-13-20-15-25(37)29(33(34)41)32(40)27(20)30(38)26(19)31(28)39/h5-7,10-12,19-21,27,36-38H,2-4,8-9,13-16H2,1H3,(H2,34,41). The molecule has 1 fully saturated rings. The van der Waals surface area contributed by atoms with Crippen LogP contribution in [0.3, 0.4) is 0 Å². The molecule has 0 radical (unpaired) electrons. The highest BCUT2D eigenvalue weighted by molar-refractivity contribution is 6.22. The molecule has 8 nitrogen and oxygen atoms in total. The fourth-order valence-electron chi connectivity index (χ4n) is 7.69. The number of carbonyl (C=O) groups is 3.